The van der Waals surface area contributed by atoms with Gasteiger partial charge in [0.15, 0.2) is 0 Å². The van der Waals surface area contributed by atoms with Gasteiger partial charge in [-0.2, -0.15) is 0 Å². The van der Waals surface area contributed by atoms with Gasteiger partial charge in [0.2, 0.25) is 5.91 Å². The highest BCUT2D eigenvalue weighted by Gasteiger charge is 2.44. The van der Waals surface area contributed by atoms with E-state index in [0.29, 0.717) is 18.6 Å². The summed E-state index contributed by atoms with van der Waals surface area (Å²) in [7, 11) is 3.81. The third-order valence-electron chi connectivity index (χ3n) is 3.42. The maximum absolute atomic E-state index is 11.3. The maximum atomic E-state index is 11.3. The molecule has 0 unspecified atom stereocenters. The zero-order valence-corrected chi connectivity index (χ0v) is 12.1. The molecule has 2 rings (SSSR count). The molecule has 8 nitrogen and oxygen atoms in total. The second-order valence-electron chi connectivity index (χ2n) is 5.16. The number of carbonyl (C=O) groups excluding carboxylic acids is 1. The molecule has 118 valence electrons. The number of carbonyl (C=O) groups is 3. The van der Waals surface area contributed by atoms with Crippen molar-refractivity contribution in [3.8, 4) is 0 Å². The number of carboxylic acids is 2. The van der Waals surface area contributed by atoms with Gasteiger partial charge in [0, 0.05) is 32.3 Å². The van der Waals surface area contributed by atoms with Gasteiger partial charge in [-0.15, -0.1) is 0 Å². The molecule has 0 bridgehead atoms. The lowest BCUT2D eigenvalue weighted by atomic mass is 9.89. The summed E-state index contributed by atoms with van der Waals surface area (Å²) < 4.78 is 0. The molecule has 0 aromatic heterocycles. The van der Waals surface area contributed by atoms with Crippen LogP contribution >= 0.6 is 0 Å². The number of amides is 1. The minimum atomic E-state index is -1.26. The van der Waals surface area contributed by atoms with Crippen LogP contribution in [0.2, 0.25) is 0 Å². The second kappa shape index (κ2) is 7.19. The molecular weight excluding hydrogens is 280 g/mol. The summed E-state index contributed by atoms with van der Waals surface area (Å²) in [4.78, 5) is 38.3. The molecule has 2 fully saturated rings. The standard InChI is InChI=1S/C9H16N2O2.C4H4O4/c1-10-5-3-9(4-6-10)7-8(12)11(2)13-9;5-3(6)1-2-4(7)8/h3-7H2,1-2H3;1-2H,(H,5,6)(H,7,8)/b;2-1-. The molecule has 2 aliphatic heterocycles. The molecule has 21 heavy (non-hydrogen) atoms. The lowest BCUT2D eigenvalue weighted by Gasteiger charge is -2.35. The molecule has 0 aromatic rings. The van der Waals surface area contributed by atoms with E-state index >= 15 is 0 Å². The first-order valence-corrected chi connectivity index (χ1v) is 6.52. The SMILES string of the molecule is CN1CCC2(CC1)CC(=O)N(C)O2.O=C(O)/C=C\C(=O)O. The summed E-state index contributed by atoms with van der Waals surface area (Å²) in [6.07, 6.45) is 3.63. The topological polar surface area (TPSA) is 107 Å². The number of likely N-dealkylation sites (tertiary alicyclic amines) is 1. The van der Waals surface area contributed by atoms with Gasteiger partial charge in [0.1, 0.15) is 5.60 Å². The Labute approximate surface area is 122 Å². The minimum absolute atomic E-state index is 0.115. The van der Waals surface area contributed by atoms with Crippen LogP contribution in [0.15, 0.2) is 12.2 Å². The van der Waals surface area contributed by atoms with Crippen molar-refractivity contribution in [3.63, 3.8) is 0 Å². The Hall–Kier alpha value is -1.93. The van der Waals surface area contributed by atoms with E-state index < -0.39 is 11.9 Å². The van der Waals surface area contributed by atoms with Crippen LogP contribution in [-0.4, -0.2) is 70.8 Å². The van der Waals surface area contributed by atoms with E-state index in [1.807, 2.05) is 0 Å². The predicted molar refractivity (Wildman–Crippen MR) is 72.3 cm³/mol. The first kappa shape index (κ1) is 17.1. The predicted octanol–water partition coefficient (Wildman–Crippen LogP) is -0.0437. The van der Waals surface area contributed by atoms with Crippen LogP contribution in [0.3, 0.4) is 0 Å². The Morgan fingerprint density at radius 2 is 1.62 bits per heavy atom. The van der Waals surface area contributed by atoms with Gasteiger partial charge in [-0.1, -0.05) is 0 Å². The highest BCUT2D eigenvalue weighted by Crippen LogP contribution is 2.35. The van der Waals surface area contributed by atoms with E-state index in [0.717, 1.165) is 25.9 Å². The summed E-state index contributed by atoms with van der Waals surface area (Å²) in [6.45, 7) is 2.06. The number of hydrogen-bond acceptors (Lipinski definition) is 5. The van der Waals surface area contributed by atoms with Gasteiger partial charge in [0.25, 0.3) is 0 Å². The Balaban J connectivity index is 0.000000240. The van der Waals surface area contributed by atoms with Crippen molar-refractivity contribution >= 4 is 17.8 Å². The molecule has 8 heteroatoms. The lowest BCUT2D eigenvalue weighted by molar-refractivity contribution is -0.198. The molecule has 0 atom stereocenters. The van der Waals surface area contributed by atoms with Gasteiger partial charge in [-0.25, -0.2) is 14.7 Å². The second-order valence-corrected chi connectivity index (χ2v) is 5.16. The summed E-state index contributed by atoms with van der Waals surface area (Å²) in [5.74, 6) is -2.40. The van der Waals surface area contributed by atoms with Crippen LogP contribution in [0.25, 0.3) is 0 Å². The van der Waals surface area contributed by atoms with Gasteiger partial charge in [-0.3, -0.25) is 9.63 Å². The third kappa shape index (κ3) is 5.52. The first-order valence-electron chi connectivity index (χ1n) is 6.52. The normalized spacial score (nSPS) is 21.4. The third-order valence-corrected chi connectivity index (χ3v) is 3.42. The zero-order valence-electron chi connectivity index (χ0n) is 12.1. The number of nitrogens with zero attached hydrogens (tertiary/aromatic N) is 2. The van der Waals surface area contributed by atoms with Crippen LogP contribution < -0.4 is 0 Å². The van der Waals surface area contributed by atoms with Crippen molar-refractivity contribution in [1.29, 1.82) is 0 Å². The number of carboxylic acid groups (broad SMARTS) is 2. The van der Waals surface area contributed by atoms with Crippen molar-refractivity contribution in [1.82, 2.24) is 9.96 Å². The average Bonchev–Trinajstić information content (AvgIpc) is 2.67. The average molecular weight is 300 g/mol. The number of hydroxylamine groups is 2. The molecule has 2 N–H and O–H groups in total. The summed E-state index contributed by atoms with van der Waals surface area (Å²) in [6, 6.07) is 0. The lowest BCUT2D eigenvalue weighted by Crippen LogP contribution is -2.43. The van der Waals surface area contributed by atoms with E-state index in [1.54, 1.807) is 7.05 Å². The van der Waals surface area contributed by atoms with Gasteiger partial charge in [-0.05, 0) is 19.9 Å². The minimum Gasteiger partial charge on any atom is -0.478 e. The van der Waals surface area contributed by atoms with E-state index in [-0.39, 0.29) is 11.5 Å². The first-order chi connectivity index (χ1) is 9.74. The summed E-state index contributed by atoms with van der Waals surface area (Å²) in [5, 5.41) is 17.0. The molecule has 0 aliphatic carbocycles. The van der Waals surface area contributed by atoms with E-state index in [9.17, 15) is 14.4 Å². The molecular formula is C13H20N2O6. The Bertz CT molecular complexity index is 424. The highest BCUT2D eigenvalue weighted by molar-refractivity contribution is 5.89. The van der Waals surface area contributed by atoms with Crippen molar-refractivity contribution < 1.29 is 29.4 Å². The van der Waals surface area contributed by atoms with E-state index in [4.69, 9.17) is 15.1 Å². The van der Waals surface area contributed by atoms with Crippen molar-refractivity contribution in [2.45, 2.75) is 24.9 Å². The smallest absolute Gasteiger partial charge is 0.328 e. The number of rotatable bonds is 2. The van der Waals surface area contributed by atoms with Crippen LogP contribution in [0.5, 0.6) is 0 Å². The monoisotopic (exact) mass is 300 g/mol. The molecule has 1 spiro atoms. The summed E-state index contributed by atoms with van der Waals surface area (Å²) >= 11 is 0. The fraction of sp³-hybridized carbons (Fsp3) is 0.615. The van der Waals surface area contributed by atoms with Gasteiger partial charge in [0.05, 0.1) is 6.42 Å². The number of aliphatic carboxylic acids is 2. The van der Waals surface area contributed by atoms with Crippen LogP contribution in [0, 0.1) is 0 Å². The van der Waals surface area contributed by atoms with E-state index in [2.05, 4.69) is 11.9 Å². The van der Waals surface area contributed by atoms with E-state index in [1.165, 1.54) is 5.06 Å². The Morgan fingerprint density at radius 3 is 1.95 bits per heavy atom. The van der Waals surface area contributed by atoms with Crippen LogP contribution in [-0.2, 0) is 19.2 Å². The number of hydrogen-bond donors (Lipinski definition) is 2. The van der Waals surface area contributed by atoms with Crippen molar-refractivity contribution in [3.05, 3.63) is 12.2 Å². The molecule has 2 aliphatic rings. The molecule has 2 saturated heterocycles. The Morgan fingerprint density at radius 1 is 1.14 bits per heavy atom. The molecule has 1 amide bonds. The van der Waals surface area contributed by atoms with Crippen LogP contribution in [0.1, 0.15) is 19.3 Å². The fourth-order valence-corrected chi connectivity index (χ4v) is 2.20. The maximum Gasteiger partial charge on any atom is 0.328 e. The summed E-state index contributed by atoms with van der Waals surface area (Å²) in [5.41, 5.74) is -0.168. The Kier molecular flexibility index (Phi) is 5.86. The van der Waals surface area contributed by atoms with Gasteiger partial charge < -0.3 is 15.1 Å². The highest BCUT2D eigenvalue weighted by atomic mass is 16.7. The zero-order chi connectivity index (χ0) is 16.0. The largest absolute Gasteiger partial charge is 0.478 e. The molecule has 2 heterocycles. The molecule has 0 radical (unpaired) electrons. The molecule has 0 aromatic carbocycles. The van der Waals surface area contributed by atoms with Crippen molar-refractivity contribution in [2.75, 3.05) is 27.2 Å². The van der Waals surface area contributed by atoms with Crippen molar-refractivity contribution in [2.24, 2.45) is 0 Å². The quantitative estimate of drug-likeness (QED) is 0.689. The van der Waals surface area contributed by atoms with Crippen LogP contribution in [0.4, 0.5) is 0 Å². The fourth-order valence-electron chi connectivity index (χ4n) is 2.20. The van der Waals surface area contributed by atoms with Gasteiger partial charge >= 0.3 is 11.9 Å². The molecule has 0 saturated carbocycles. The number of piperidine rings is 1.